The summed E-state index contributed by atoms with van der Waals surface area (Å²) in [6.07, 6.45) is 1.80. The number of anilines is 1. The summed E-state index contributed by atoms with van der Waals surface area (Å²) < 4.78 is 32.2. The lowest BCUT2D eigenvalue weighted by atomic mass is 9.78. The number of benzene rings is 2. The Morgan fingerprint density at radius 1 is 1.00 bits per heavy atom. The molecule has 7 nitrogen and oxygen atoms in total. The summed E-state index contributed by atoms with van der Waals surface area (Å²) >= 11 is 1.57. The van der Waals surface area contributed by atoms with Gasteiger partial charge in [0, 0.05) is 18.8 Å². The lowest BCUT2D eigenvalue weighted by Crippen LogP contribution is -2.40. The predicted octanol–water partition coefficient (Wildman–Crippen LogP) is 5.31. The SMILES string of the molecule is CC(C)(C)c1cc(CCCSCC(=O)Nc2ccc(S(=O)(=O)N3CCOCC3)cc2)cc(C(C)(C)C)c1O. The van der Waals surface area contributed by atoms with Gasteiger partial charge in [-0.25, -0.2) is 8.42 Å². The molecule has 9 heteroatoms. The number of rotatable bonds is 9. The molecule has 2 N–H and O–H groups in total. The number of phenolic OH excluding ortho intramolecular Hbond substituents is 1. The summed E-state index contributed by atoms with van der Waals surface area (Å²) in [4.78, 5) is 12.6. The highest BCUT2D eigenvalue weighted by Crippen LogP contribution is 2.40. The number of amides is 1. The quantitative estimate of drug-likeness (QED) is 0.402. The van der Waals surface area contributed by atoms with E-state index in [1.54, 1.807) is 23.9 Å². The van der Waals surface area contributed by atoms with Crippen LogP contribution in [0.15, 0.2) is 41.3 Å². The van der Waals surface area contributed by atoms with Gasteiger partial charge in [-0.3, -0.25) is 4.79 Å². The third-order valence-electron chi connectivity index (χ3n) is 6.52. The largest absolute Gasteiger partial charge is 0.507 e. The summed E-state index contributed by atoms with van der Waals surface area (Å²) in [5.74, 6) is 1.44. The molecule has 0 atom stereocenters. The number of ether oxygens (including phenoxy) is 1. The molecule has 1 saturated heterocycles. The van der Waals surface area contributed by atoms with Crippen molar-refractivity contribution >= 4 is 33.4 Å². The van der Waals surface area contributed by atoms with Crippen molar-refractivity contribution < 1.29 is 23.1 Å². The molecule has 0 unspecified atom stereocenters. The highest BCUT2D eigenvalue weighted by molar-refractivity contribution is 7.99. The number of carbonyl (C=O) groups excluding carboxylic acids is 1. The van der Waals surface area contributed by atoms with Crippen LogP contribution >= 0.6 is 11.8 Å². The number of sulfonamides is 1. The predicted molar refractivity (Wildman–Crippen MR) is 156 cm³/mol. The lowest BCUT2D eigenvalue weighted by molar-refractivity contribution is -0.113. The van der Waals surface area contributed by atoms with Crippen LogP contribution in [0.1, 0.15) is 64.7 Å². The van der Waals surface area contributed by atoms with Crippen molar-refractivity contribution in [2.75, 3.05) is 43.1 Å². The normalized spacial score (nSPS) is 15.4. The fraction of sp³-hybridized carbons (Fsp3) is 0.552. The zero-order valence-corrected chi connectivity index (χ0v) is 25.1. The van der Waals surface area contributed by atoms with E-state index in [4.69, 9.17) is 4.74 Å². The summed E-state index contributed by atoms with van der Waals surface area (Å²) in [5, 5.41) is 13.8. The van der Waals surface area contributed by atoms with Gasteiger partial charge in [0.1, 0.15) is 5.75 Å². The van der Waals surface area contributed by atoms with Gasteiger partial charge < -0.3 is 15.2 Å². The highest BCUT2D eigenvalue weighted by Gasteiger charge is 2.27. The van der Waals surface area contributed by atoms with E-state index in [-0.39, 0.29) is 21.6 Å². The number of hydrogen-bond acceptors (Lipinski definition) is 6. The van der Waals surface area contributed by atoms with Crippen molar-refractivity contribution in [3.63, 3.8) is 0 Å². The molecule has 0 bridgehead atoms. The lowest BCUT2D eigenvalue weighted by Gasteiger charge is -2.28. The third-order valence-corrected chi connectivity index (χ3v) is 9.48. The fourth-order valence-corrected chi connectivity index (χ4v) is 6.53. The standard InChI is InChI=1S/C29H42N2O5S2/c1-28(2,3)24-18-21(19-25(27(24)33)29(4,5)6)8-7-17-37-20-26(32)30-22-9-11-23(12-10-22)38(34,35)31-13-15-36-16-14-31/h9-12,18-19,33H,7-8,13-17,20H2,1-6H3,(H,30,32). The van der Waals surface area contributed by atoms with Gasteiger partial charge in [-0.1, -0.05) is 53.7 Å². The topological polar surface area (TPSA) is 95.9 Å². The molecule has 0 radical (unpaired) electrons. The first-order valence-corrected chi connectivity index (χ1v) is 15.7. The molecule has 0 aromatic heterocycles. The molecule has 1 amide bonds. The molecule has 0 aliphatic carbocycles. The Bertz CT molecular complexity index is 1170. The third kappa shape index (κ3) is 7.97. The van der Waals surface area contributed by atoms with E-state index >= 15 is 0 Å². The zero-order chi connectivity index (χ0) is 28.1. The highest BCUT2D eigenvalue weighted by atomic mass is 32.2. The minimum absolute atomic E-state index is 0.117. The van der Waals surface area contributed by atoms with Crippen molar-refractivity contribution in [1.29, 1.82) is 0 Å². The number of thioether (sulfide) groups is 1. The average Bonchev–Trinajstić information content (AvgIpc) is 2.84. The number of aromatic hydroxyl groups is 1. The molecule has 1 aliphatic rings. The van der Waals surface area contributed by atoms with Gasteiger partial charge >= 0.3 is 0 Å². The maximum Gasteiger partial charge on any atom is 0.243 e. The Labute approximate surface area is 232 Å². The van der Waals surface area contributed by atoms with Crippen molar-refractivity contribution in [1.82, 2.24) is 4.31 Å². The first-order chi connectivity index (χ1) is 17.7. The van der Waals surface area contributed by atoms with Crippen LogP contribution in [0.5, 0.6) is 5.75 Å². The molecular weight excluding hydrogens is 520 g/mol. The van der Waals surface area contributed by atoms with Gasteiger partial charge in [0.05, 0.1) is 23.9 Å². The van der Waals surface area contributed by atoms with E-state index in [0.717, 1.165) is 29.7 Å². The Kier molecular flexibility index (Phi) is 9.95. The van der Waals surface area contributed by atoms with Crippen LogP contribution in [0, 0.1) is 0 Å². The molecule has 38 heavy (non-hydrogen) atoms. The number of nitrogens with one attached hydrogen (secondary N) is 1. The van der Waals surface area contributed by atoms with Crippen molar-refractivity contribution in [3.05, 3.63) is 53.1 Å². The minimum Gasteiger partial charge on any atom is -0.507 e. The minimum atomic E-state index is -3.55. The van der Waals surface area contributed by atoms with E-state index in [1.807, 2.05) is 0 Å². The first kappa shape index (κ1) is 30.5. The summed E-state index contributed by atoms with van der Waals surface area (Å²) in [6, 6.07) is 10.5. The van der Waals surface area contributed by atoms with Gasteiger partial charge in [-0.15, -0.1) is 0 Å². The molecule has 210 valence electrons. The Hall–Kier alpha value is -2.07. The van der Waals surface area contributed by atoms with Crippen LogP contribution in [0.4, 0.5) is 5.69 Å². The van der Waals surface area contributed by atoms with E-state index in [9.17, 15) is 18.3 Å². The van der Waals surface area contributed by atoms with E-state index in [1.165, 1.54) is 22.0 Å². The Balaban J connectivity index is 1.49. The summed E-state index contributed by atoms with van der Waals surface area (Å²) in [6.45, 7) is 14.2. The van der Waals surface area contributed by atoms with E-state index < -0.39 is 10.0 Å². The number of hydrogen-bond donors (Lipinski definition) is 2. The maximum atomic E-state index is 12.7. The van der Waals surface area contributed by atoms with Crippen LogP contribution in [-0.4, -0.2) is 61.5 Å². The monoisotopic (exact) mass is 562 g/mol. The molecular formula is C29H42N2O5S2. The van der Waals surface area contributed by atoms with Crippen LogP contribution in [0.3, 0.4) is 0 Å². The number of phenols is 1. The van der Waals surface area contributed by atoms with Gasteiger partial charge in [-0.05, 0) is 70.4 Å². The van der Waals surface area contributed by atoms with Crippen LogP contribution in [0.2, 0.25) is 0 Å². The number of aryl methyl sites for hydroxylation is 1. The van der Waals surface area contributed by atoms with Crippen molar-refractivity contribution in [2.45, 2.75) is 70.1 Å². The van der Waals surface area contributed by atoms with Crippen LogP contribution < -0.4 is 5.32 Å². The number of carbonyl (C=O) groups is 1. The summed E-state index contributed by atoms with van der Waals surface area (Å²) in [5.41, 5.74) is 3.40. The van der Waals surface area contributed by atoms with E-state index in [0.29, 0.717) is 43.5 Å². The van der Waals surface area contributed by atoms with Gasteiger partial charge in [0.15, 0.2) is 0 Å². The molecule has 2 aromatic carbocycles. The second-order valence-corrected chi connectivity index (χ2v) is 14.8. The van der Waals surface area contributed by atoms with Crippen LogP contribution in [-0.2, 0) is 36.8 Å². The average molecular weight is 563 g/mol. The van der Waals surface area contributed by atoms with Gasteiger partial charge in [-0.2, -0.15) is 16.1 Å². The molecule has 1 heterocycles. The van der Waals surface area contributed by atoms with Gasteiger partial charge in [0.2, 0.25) is 15.9 Å². The number of morpholine rings is 1. The van der Waals surface area contributed by atoms with E-state index in [2.05, 4.69) is 59.0 Å². The molecule has 0 spiro atoms. The number of nitrogens with zero attached hydrogens (tertiary/aromatic N) is 1. The fourth-order valence-electron chi connectivity index (χ4n) is 4.37. The molecule has 1 fully saturated rings. The molecule has 3 rings (SSSR count). The Morgan fingerprint density at radius 2 is 1.55 bits per heavy atom. The summed E-state index contributed by atoms with van der Waals surface area (Å²) in [7, 11) is -3.55. The zero-order valence-electron chi connectivity index (χ0n) is 23.5. The van der Waals surface area contributed by atoms with Crippen LogP contribution in [0.25, 0.3) is 0 Å². The molecule has 2 aromatic rings. The first-order valence-electron chi connectivity index (χ1n) is 13.1. The second-order valence-electron chi connectivity index (χ2n) is 11.8. The maximum absolute atomic E-state index is 12.7. The molecule has 1 aliphatic heterocycles. The van der Waals surface area contributed by atoms with Gasteiger partial charge in [0.25, 0.3) is 0 Å². The molecule has 0 saturated carbocycles. The van der Waals surface area contributed by atoms with Crippen molar-refractivity contribution in [2.24, 2.45) is 0 Å². The van der Waals surface area contributed by atoms with Crippen molar-refractivity contribution in [3.8, 4) is 5.75 Å². The second kappa shape index (κ2) is 12.4. The smallest absolute Gasteiger partial charge is 0.243 e. The Morgan fingerprint density at radius 3 is 2.08 bits per heavy atom.